The van der Waals surface area contributed by atoms with E-state index in [9.17, 15) is 4.79 Å². The number of fused-ring (bicyclic) bond motifs is 1. The van der Waals surface area contributed by atoms with Gasteiger partial charge in [-0.2, -0.15) is 0 Å². The lowest BCUT2D eigenvalue weighted by atomic mass is 9.86. The van der Waals surface area contributed by atoms with Crippen LogP contribution >= 0.6 is 0 Å². The van der Waals surface area contributed by atoms with Crippen LogP contribution in [0.5, 0.6) is 5.75 Å². The van der Waals surface area contributed by atoms with Crippen molar-refractivity contribution >= 4 is 5.91 Å². The van der Waals surface area contributed by atoms with Gasteiger partial charge in [0.15, 0.2) is 0 Å². The lowest BCUT2D eigenvalue weighted by molar-refractivity contribution is 0.0679. The zero-order valence-corrected chi connectivity index (χ0v) is 19.6. The highest BCUT2D eigenvalue weighted by molar-refractivity contribution is 5.94. The van der Waals surface area contributed by atoms with E-state index in [-0.39, 0.29) is 18.1 Å². The number of benzene rings is 2. The summed E-state index contributed by atoms with van der Waals surface area (Å²) in [5.74, 6) is 0.783. The van der Waals surface area contributed by atoms with Crippen LogP contribution < -0.4 is 10.1 Å². The van der Waals surface area contributed by atoms with Gasteiger partial charge in [0.25, 0.3) is 5.91 Å². The SMILES string of the molecule is O=C(N[C@H]1CCc2cc(CCN3CCCC3)ccc2C1)c1ccc(OC[C@@H]2CCCO2)cc1. The minimum Gasteiger partial charge on any atom is -0.491 e. The van der Waals surface area contributed by atoms with E-state index in [4.69, 9.17) is 9.47 Å². The van der Waals surface area contributed by atoms with E-state index in [2.05, 4.69) is 28.4 Å². The van der Waals surface area contributed by atoms with Gasteiger partial charge in [-0.3, -0.25) is 4.79 Å². The van der Waals surface area contributed by atoms with Crippen molar-refractivity contribution in [3.8, 4) is 5.75 Å². The summed E-state index contributed by atoms with van der Waals surface area (Å²) in [5.41, 5.74) is 4.98. The maximum atomic E-state index is 12.8. The second-order valence-electron chi connectivity index (χ2n) is 9.79. The van der Waals surface area contributed by atoms with Gasteiger partial charge in [-0.15, -0.1) is 0 Å². The Balaban J connectivity index is 1.10. The highest BCUT2D eigenvalue weighted by atomic mass is 16.5. The average Bonchev–Trinajstić information content (AvgIpc) is 3.56. The first kappa shape index (κ1) is 22.4. The monoisotopic (exact) mass is 448 g/mol. The molecule has 3 aliphatic rings. The van der Waals surface area contributed by atoms with Gasteiger partial charge >= 0.3 is 0 Å². The fraction of sp³-hybridized carbons (Fsp3) is 0.536. The minimum absolute atomic E-state index is 0.00337. The van der Waals surface area contributed by atoms with Crippen molar-refractivity contribution in [2.75, 3.05) is 32.8 Å². The molecule has 2 aromatic rings. The highest BCUT2D eigenvalue weighted by Gasteiger charge is 2.22. The van der Waals surface area contributed by atoms with Gasteiger partial charge in [-0.05, 0) is 105 Å². The topological polar surface area (TPSA) is 50.8 Å². The normalized spacial score (nSPS) is 22.8. The van der Waals surface area contributed by atoms with Gasteiger partial charge in [0.05, 0.1) is 6.10 Å². The molecule has 0 bridgehead atoms. The summed E-state index contributed by atoms with van der Waals surface area (Å²) >= 11 is 0. The Morgan fingerprint density at radius 1 is 1.03 bits per heavy atom. The average molecular weight is 449 g/mol. The Morgan fingerprint density at radius 3 is 2.67 bits per heavy atom. The van der Waals surface area contributed by atoms with Gasteiger partial charge in [0.1, 0.15) is 12.4 Å². The molecule has 1 N–H and O–H groups in total. The predicted octanol–water partition coefficient (Wildman–Crippen LogP) is 4.17. The molecule has 176 valence electrons. The fourth-order valence-electron chi connectivity index (χ4n) is 5.32. The molecule has 2 fully saturated rings. The van der Waals surface area contributed by atoms with Crippen LogP contribution in [-0.4, -0.2) is 55.8 Å². The summed E-state index contributed by atoms with van der Waals surface area (Å²) in [6.07, 6.45) is 9.16. The smallest absolute Gasteiger partial charge is 0.251 e. The quantitative estimate of drug-likeness (QED) is 0.659. The molecule has 5 heteroatoms. The van der Waals surface area contributed by atoms with Crippen LogP contribution in [0.15, 0.2) is 42.5 Å². The summed E-state index contributed by atoms with van der Waals surface area (Å²) < 4.78 is 11.4. The Hall–Kier alpha value is -2.37. The Labute approximate surface area is 197 Å². The number of amides is 1. The largest absolute Gasteiger partial charge is 0.491 e. The third-order valence-electron chi connectivity index (χ3n) is 7.33. The van der Waals surface area contributed by atoms with Gasteiger partial charge in [0.2, 0.25) is 0 Å². The standard InChI is InChI=1S/C28H36N2O3/c31-28(22-8-11-26(12-9-22)33-20-27-4-3-17-32-27)29-25-10-7-23-18-21(5-6-24(23)19-25)13-16-30-14-1-2-15-30/h5-6,8-9,11-12,18,25,27H,1-4,7,10,13-17,19-20H2,(H,29,31)/t25-,27-/m0/s1. The molecule has 2 aliphatic heterocycles. The van der Waals surface area contributed by atoms with Gasteiger partial charge in [0, 0.05) is 24.8 Å². The molecule has 0 radical (unpaired) electrons. The Kier molecular flexibility index (Phi) is 7.27. The van der Waals surface area contributed by atoms with Crippen molar-refractivity contribution in [1.29, 1.82) is 0 Å². The highest BCUT2D eigenvalue weighted by Crippen LogP contribution is 2.24. The third-order valence-corrected chi connectivity index (χ3v) is 7.33. The number of nitrogens with one attached hydrogen (secondary N) is 1. The fourth-order valence-corrected chi connectivity index (χ4v) is 5.32. The number of carbonyl (C=O) groups excluding carboxylic acids is 1. The van der Waals surface area contributed by atoms with Crippen LogP contribution in [0.2, 0.25) is 0 Å². The number of likely N-dealkylation sites (tertiary alicyclic amines) is 1. The molecule has 0 saturated carbocycles. The summed E-state index contributed by atoms with van der Waals surface area (Å²) in [6, 6.07) is 14.6. The number of hydrogen-bond acceptors (Lipinski definition) is 4. The number of ether oxygens (including phenoxy) is 2. The molecular weight excluding hydrogens is 412 g/mol. The van der Waals surface area contributed by atoms with Crippen LogP contribution in [-0.2, 0) is 24.0 Å². The van der Waals surface area contributed by atoms with E-state index in [0.717, 1.165) is 50.9 Å². The number of rotatable bonds is 8. The molecule has 0 spiro atoms. The third kappa shape index (κ3) is 5.96. The number of aryl methyl sites for hydroxylation is 1. The second kappa shape index (κ2) is 10.7. The van der Waals surface area contributed by atoms with Crippen molar-refractivity contribution in [3.05, 3.63) is 64.7 Å². The van der Waals surface area contributed by atoms with Crippen LogP contribution in [0.4, 0.5) is 0 Å². The molecule has 1 amide bonds. The van der Waals surface area contributed by atoms with E-state index < -0.39 is 0 Å². The van der Waals surface area contributed by atoms with Gasteiger partial charge < -0.3 is 19.7 Å². The Morgan fingerprint density at radius 2 is 1.88 bits per heavy atom. The van der Waals surface area contributed by atoms with E-state index in [1.165, 1.54) is 49.2 Å². The van der Waals surface area contributed by atoms with Crippen molar-refractivity contribution in [2.45, 2.75) is 63.5 Å². The van der Waals surface area contributed by atoms with E-state index >= 15 is 0 Å². The molecule has 2 saturated heterocycles. The first-order valence-corrected chi connectivity index (χ1v) is 12.7. The molecule has 5 nitrogen and oxygen atoms in total. The first-order chi connectivity index (χ1) is 16.2. The van der Waals surface area contributed by atoms with Crippen LogP contribution in [0.1, 0.15) is 59.2 Å². The van der Waals surface area contributed by atoms with E-state index in [0.29, 0.717) is 12.2 Å². The molecule has 1 aliphatic carbocycles. The summed E-state index contributed by atoms with van der Waals surface area (Å²) in [5, 5.41) is 3.24. The maximum Gasteiger partial charge on any atom is 0.251 e. The first-order valence-electron chi connectivity index (χ1n) is 12.7. The molecule has 2 aromatic carbocycles. The van der Waals surface area contributed by atoms with Crippen LogP contribution in [0.25, 0.3) is 0 Å². The van der Waals surface area contributed by atoms with E-state index in [1.54, 1.807) is 0 Å². The number of carbonyl (C=O) groups is 1. The molecule has 5 rings (SSSR count). The lowest BCUT2D eigenvalue weighted by Crippen LogP contribution is -2.38. The molecule has 2 atom stereocenters. The molecule has 2 heterocycles. The van der Waals surface area contributed by atoms with Gasteiger partial charge in [-0.1, -0.05) is 18.2 Å². The number of nitrogens with zero attached hydrogens (tertiary/aromatic N) is 1. The van der Waals surface area contributed by atoms with Crippen LogP contribution in [0, 0.1) is 0 Å². The lowest BCUT2D eigenvalue weighted by Gasteiger charge is -2.26. The van der Waals surface area contributed by atoms with Crippen LogP contribution in [0.3, 0.4) is 0 Å². The molecular formula is C28H36N2O3. The van der Waals surface area contributed by atoms with E-state index in [1.807, 2.05) is 24.3 Å². The van der Waals surface area contributed by atoms with Crippen molar-refractivity contribution in [1.82, 2.24) is 10.2 Å². The minimum atomic E-state index is -0.00337. The van der Waals surface area contributed by atoms with Gasteiger partial charge in [-0.25, -0.2) is 0 Å². The molecule has 33 heavy (non-hydrogen) atoms. The molecule has 0 aromatic heterocycles. The van der Waals surface area contributed by atoms with Crippen molar-refractivity contribution < 1.29 is 14.3 Å². The zero-order chi connectivity index (χ0) is 22.5. The summed E-state index contributed by atoms with van der Waals surface area (Å²) in [7, 11) is 0. The summed E-state index contributed by atoms with van der Waals surface area (Å²) in [4.78, 5) is 15.4. The van der Waals surface area contributed by atoms with Crippen molar-refractivity contribution in [2.24, 2.45) is 0 Å². The summed E-state index contributed by atoms with van der Waals surface area (Å²) in [6.45, 7) is 5.11. The zero-order valence-electron chi connectivity index (χ0n) is 19.6. The Bertz CT molecular complexity index is 931. The van der Waals surface area contributed by atoms with Crippen molar-refractivity contribution in [3.63, 3.8) is 0 Å². The number of hydrogen-bond donors (Lipinski definition) is 1. The second-order valence-corrected chi connectivity index (χ2v) is 9.79. The molecule has 0 unspecified atom stereocenters. The predicted molar refractivity (Wildman–Crippen MR) is 130 cm³/mol. The maximum absolute atomic E-state index is 12.8.